The average Bonchev–Trinajstić information content (AvgIpc) is 1.96. The van der Waals surface area contributed by atoms with Crippen molar-refractivity contribution < 1.29 is 9.47 Å². The minimum absolute atomic E-state index is 0.775. The van der Waals surface area contributed by atoms with Crippen LogP contribution in [0.15, 0.2) is 352 Å². The van der Waals surface area contributed by atoms with Gasteiger partial charge in [-0.1, -0.05) is 255 Å². The SMILES string of the molecule is C(=C(c1ccccc1)c1ccccc1)c1ccc(N(c2ccc(/C=C/c3ccc(/C=C/c4ccc(N(c5ccc(C=C(c6ccccc6)c6ccccc6)cc5)c5ccc(Oc6ccccc6)cc5)cc4)cc3)cc2)c2ccc(Oc3ccccc3)cc2)cc1. The number of para-hydroxylation sites is 2. The van der Waals surface area contributed by atoms with E-state index in [-0.39, 0.29) is 0 Å². The Bertz CT molecular complexity index is 4130. The van der Waals surface area contributed by atoms with Gasteiger partial charge in [0.25, 0.3) is 0 Å². The lowest BCUT2D eigenvalue weighted by atomic mass is 9.95. The molecule has 0 amide bonds. The first kappa shape index (κ1) is 57.1. The van der Waals surface area contributed by atoms with Crippen LogP contribution in [0, 0.1) is 0 Å². The highest BCUT2D eigenvalue weighted by atomic mass is 16.5. The molecule has 90 heavy (non-hydrogen) atoms. The van der Waals surface area contributed by atoms with Crippen LogP contribution >= 0.6 is 0 Å². The fourth-order valence-corrected chi connectivity index (χ4v) is 11.0. The molecule has 4 nitrogen and oxygen atoms in total. The molecule has 0 aliphatic carbocycles. The highest BCUT2D eigenvalue weighted by Crippen LogP contribution is 2.40. The molecule has 0 unspecified atom stereocenters. The minimum atomic E-state index is 0.775. The molecule has 0 aliphatic heterocycles. The lowest BCUT2D eigenvalue weighted by molar-refractivity contribution is 0.482. The molecule has 4 heteroatoms. The minimum Gasteiger partial charge on any atom is -0.457 e. The van der Waals surface area contributed by atoms with Gasteiger partial charge in [-0.2, -0.15) is 0 Å². The summed E-state index contributed by atoms with van der Waals surface area (Å²) in [4.78, 5) is 4.57. The second-order valence-corrected chi connectivity index (χ2v) is 21.8. The van der Waals surface area contributed by atoms with Gasteiger partial charge < -0.3 is 19.3 Å². The van der Waals surface area contributed by atoms with Crippen molar-refractivity contribution in [2.45, 2.75) is 0 Å². The van der Waals surface area contributed by atoms with E-state index in [1.54, 1.807) is 0 Å². The van der Waals surface area contributed by atoms with Crippen LogP contribution < -0.4 is 19.3 Å². The summed E-state index contributed by atoms with van der Waals surface area (Å²) in [7, 11) is 0. The van der Waals surface area contributed by atoms with Crippen LogP contribution in [-0.4, -0.2) is 0 Å². The van der Waals surface area contributed by atoms with Crippen molar-refractivity contribution in [3.05, 3.63) is 407 Å². The van der Waals surface area contributed by atoms with E-state index >= 15 is 0 Å². The lowest BCUT2D eigenvalue weighted by Crippen LogP contribution is -2.09. The molecule has 0 fully saturated rings. The van der Waals surface area contributed by atoms with Crippen molar-refractivity contribution in [2.75, 3.05) is 9.80 Å². The normalized spacial score (nSPS) is 11.0. The van der Waals surface area contributed by atoms with E-state index in [4.69, 9.17) is 9.47 Å². The van der Waals surface area contributed by atoms with Crippen LogP contribution in [0.2, 0.25) is 0 Å². The summed E-state index contributed by atoms with van der Waals surface area (Å²) in [5.74, 6) is 3.15. The van der Waals surface area contributed by atoms with E-state index in [0.717, 1.165) is 90.5 Å². The molecule has 13 rings (SSSR count). The van der Waals surface area contributed by atoms with Gasteiger partial charge in [-0.3, -0.25) is 0 Å². The number of ether oxygens (including phenoxy) is 2. The van der Waals surface area contributed by atoms with Crippen molar-refractivity contribution in [3.63, 3.8) is 0 Å². The monoisotopic (exact) mass is 1160 g/mol. The Kier molecular flexibility index (Phi) is 17.8. The molecular weight excluding hydrogens is 1090 g/mol. The molecule has 0 radical (unpaired) electrons. The first-order valence-electron chi connectivity index (χ1n) is 30.3. The maximum Gasteiger partial charge on any atom is 0.127 e. The zero-order chi connectivity index (χ0) is 60.5. The first-order valence-corrected chi connectivity index (χ1v) is 30.3. The Morgan fingerprint density at radius 2 is 0.378 bits per heavy atom. The molecule has 0 aromatic heterocycles. The third-order valence-electron chi connectivity index (χ3n) is 15.6. The summed E-state index contributed by atoms with van der Waals surface area (Å²) < 4.78 is 12.4. The van der Waals surface area contributed by atoms with E-state index in [1.165, 1.54) is 33.4 Å². The second kappa shape index (κ2) is 28.0. The third-order valence-corrected chi connectivity index (χ3v) is 15.6. The highest BCUT2D eigenvalue weighted by Gasteiger charge is 2.16. The van der Waals surface area contributed by atoms with Crippen molar-refractivity contribution in [1.29, 1.82) is 0 Å². The fourth-order valence-electron chi connectivity index (χ4n) is 11.0. The standard InChI is InChI=1S/C86H64N2O2/c1-7-19-71(20-8-1)85(72-21-9-2-10-22-72)63-69-43-51-77(52-44-69)87(79-55-59-83(60-56-79)89-81-27-15-5-16-28-81)75-47-39-67(40-48-75)37-35-65-31-33-66(34-32-65)36-38-68-41-49-76(50-42-68)88(80-57-61-84(62-58-80)90-82-29-17-6-18-30-82)78-53-45-70(46-54-78)64-86(73-23-11-3-12-24-73)74-25-13-4-14-26-74/h1-64H/b37-35+,38-36+. The Balaban J connectivity index is 0.709. The largest absolute Gasteiger partial charge is 0.457 e. The molecule has 13 aromatic rings. The van der Waals surface area contributed by atoms with Gasteiger partial charge in [-0.15, -0.1) is 0 Å². The van der Waals surface area contributed by atoms with Crippen LogP contribution in [0.5, 0.6) is 23.0 Å². The summed E-state index contributed by atoms with van der Waals surface area (Å²) in [6.07, 6.45) is 13.2. The smallest absolute Gasteiger partial charge is 0.127 e. The second-order valence-electron chi connectivity index (χ2n) is 21.8. The highest BCUT2D eigenvalue weighted by molar-refractivity contribution is 5.93. The van der Waals surface area contributed by atoms with Gasteiger partial charge >= 0.3 is 0 Å². The Labute approximate surface area is 528 Å². The summed E-state index contributed by atoms with van der Waals surface area (Å²) in [6, 6.07) is 122. The van der Waals surface area contributed by atoms with E-state index in [2.05, 4.69) is 313 Å². The number of anilines is 6. The Morgan fingerprint density at radius 3 is 0.622 bits per heavy atom. The van der Waals surface area contributed by atoms with Gasteiger partial charge in [0.2, 0.25) is 0 Å². The van der Waals surface area contributed by atoms with Crippen LogP contribution in [0.4, 0.5) is 34.1 Å². The van der Waals surface area contributed by atoms with E-state index in [1.807, 2.05) is 84.9 Å². The number of hydrogen-bond acceptors (Lipinski definition) is 4. The molecular formula is C86H64N2O2. The van der Waals surface area contributed by atoms with Gasteiger partial charge in [0.15, 0.2) is 0 Å². The molecule has 13 aromatic carbocycles. The zero-order valence-corrected chi connectivity index (χ0v) is 49.7. The first-order chi connectivity index (χ1) is 44.6. The van der Waals surface area contributed by atoms with Crippen LogP contribution in [0.3, 0.4) is 0 Å². The molecule has 0 bridgehead atoms. The van der Waals surface area contributed by atoms with Gasteiger partial charge in [-0.25, -0.2) is 0 Å². The predicted octanol–water partition coefficient (Wildman–Crippen LogP) is 23.7. The molecule has 0 heterocycles. The number of rotatable bonds is 20. The summed E-state index contributed by atoms with van der Waals surface area (Å²) >= 11 is 0. The number of hydrogen-bond donors (Lipinski definition) is 0. The van der Waals surface area contributed by atoms with Crippen LogP contribution in [-0.2, 0) is 0 Å². The van der Waals surface area contributed by atoms with Gasteiger partial charge in [0.1, 0.15) is 23.0 Å². The Hall–Kier alpha value is -12.0. The molecule has 0 saturated heterocycles. The van der Waals surface area contributed by atoms with Crippen LogP contribution in [0.1, 0.15) is 55.6 Å². The molecule has 430 valence electrons. The van der Waals surface area contributed by atoms with Gasteiger partial charge in [0, 0.05) is 34.1 Å². The van der Waals surface area contributed by atoms with Gasteiger partial charge in [-0.05, 0) is 200 Å². The Morgan fingerprint density at radius 1 is 0.189 bits per heavy atom. The van der Waals surface area contributed by atoms with Crippen molar-refractivity contribution in [3.8, 4) is 23.0 Å². The summed E-state index contributed by atoms with van der Waals surface area (Å²) in [6.45, 7) is 0. The quantitative estimate of drug-likeness (QED) is 0.0710. The van der Waals surface area contributed by atoms with Crippen molar-refractivity contribution in [2.24, 2.45) is 0 Å². The van der Waals surface area contributed by atoms with Crippen molar-refractivity contribution in [1.82, 2.24) is 0 Å². The molecule has 0 saturated carbocycles. The predicted molar refractivity (Wildman–Crippen MR) is 379 cm³/mol. The van der Waals surface area contributed by atoms with E-state index in [9.17, 15) is 0 Å². The molecule has 0 spiro atoms. The third kappa shape index (κ3) is 14.5. The topological polar surface area (TPSA) is 24.9 Å². The average molecular weight is 1160 g/mol. The molecule has 0 N–H and O–H groups in total. The fraction of sp³-hybridized carbons (Fsp3) is 0. The molecule has 0 atom stereocenters. The summed E-state index contributed by atoms with van der Waals surface area (Å²) in [5.41, 5.74) is 19.9. The number of nitrogens with zero attached hydrogens (tertiary/aromatic N) is 2. The zero-order valence-electron chi connectivity index (χ0n) is 49.7. The number of benzene rings is 13. The van der Waals surface area contributed by atoms with Crippen LogP contribution in [0.25, 0.3) is 47.6 Å². The maximum absolute atomic E-state index is 6.20. The van der Waals surface area contributed by atoms with E-state index < -0.39 is 0 Å². The maximum atomic E-state index is 6.20. The van der Waals surface area contributed by atoms with E-state index in [0.29, 0.717) is 0 Å². The lowest BCUT2D eigenvalue weighted by Gasteiger charge is -2.26. The van der Waals surface area contributed by atoms with Gasteiger partial charge in [0.05, 0.1) is 0 Å². The van der Waals surface area contributed by atoms with Crippen molar-refractivity contribution >= 4 is 81.7 Å². The summed E-state index contributed by atoms with van der Waals surface area (Å²) in [5, 5.41) is 0. The molecule has 0 aliphatic rings.